The zero-order valence-corrected chi connectivity index (χ0v) is 7.26. The van der Waals surface area contributed by atoms with Crippen molar-refractivity contribution < 1.29 is 9.59 Å². The van der Waals surface area contributed by atoms with Gasteiger partial charge in [-0.2, -0.15) is 0 Å². The molecule has 2 nitrogen and oxygen atoms in total. The molecule has 12 heavy (non-hydrogen) atoms. The Balaban J connectivity index is 3.37. The Morgan fingerprint density at radius 3 is 2.42 bits per heavy atom. The van der Waals surface area contributed by atoms with Crippen molar-refractivity contribution in [3.8, 4) is 0 Å². The van der Waals surface area contributed by atoms with Gasteiger partial charge >= 0.3 is 0 Å². The summed E-state index contributed by atoms with van der Waals surface area (Å²) < 4.78 is 0. The van der Waals surface area contributed by atoms with Crippen LogP contribution in [0.4, 0.5) is 0 Å². The quantitative estimate of drug-likeness (QED) is 0.658. The molecule has 62 valence electrons. The Bertz CT molecular complexity index is 332. The Labute approximate surface area is 75.2 Å². The van der Waals surface area contributed by atoms with Gasteiger partial charge in [0.05, 0.1) is 0 Å². The van der Waals surface area contributed by atoms with Gasteiger partial charge in [-0.1, -0.05) is 11.6 Å². The fourth-order valence-electron chi connectivity index (χ4n) is 0.912. The molecular weight excluding hydrogens is 176 g/mol. The Hall–Kier alpha value is -1.15. The number of carbonyl (C=O) groups is 2. The molecule has 0 N–H and O–H groups in total. The van der Waals surface area contributed by atoms with E-state index in [1.165, 1.54) is 12.1 Å². The Morgan fingerprint density at radius 2 is 1.92 bits per heavy atom. The van der Waals surface area contributed by atoms with Crippen LogP contribution >= 0.6 is 11.6 Å². The van der Waals surface area contributed by atoms with Crippen molar-refractivity contribution in [2.75, 3.05) is 0 Å². The van der Waals surface area contributed by atoms with Crippen LogP contribution in [0.5, 0.6) is 0 Å². The maximum atomic E-state index is 10.5. The molecule has 0 heterocycles. The first-order chi connectivity index (χ1) is 5.69. The number of hydrogen-bond acceptors (Lipinski definition) is 2. The normalized spacial score (nSPS) is 9.50. The van der Waals surface area contributed by atoms with Crippen LogP contribution in [-0.4, -0.2) is 12.6 Å². The second-order valence-corrected chi connectivity index (χ2v) is 2.86. The number of aldehydes is 2. The molecular formula is C9H7ClO2. The molecule has 0 unspecified atom stereocenters. The lowest BCUT2D eigenvalue weighted by molar-refractivity contribution is 0.112. The van der Waals surface area contributed by atoms with Gasteiger partial charge in [0.1, 0.15) is 12.6 Å². The summed E-state index contributed by atoms with van der Waals surface area (Å²) in [6.45, 7) is 1.74. The fraction of sp³-hybridized carbons (Fsp3) is 0.111. The standard InChI is InChI=1S/C9H7ClO2/c1-6-8(5-12)2-7(4-11)3-9(6)10/h2-5H,1H3. The SMILES string of the molecule is Cc1c(Cl)cc(C=O)cc1C=O. The first-order valence-corrected chi connectivity index (χ1v) is 3.77. The lowest BCUT2D eigenvalue weighted by atomic mass is 10.1. The zero-order valence-electron chi connectivity index (χ0n) is 6.50. The maximum absolute atomic E-state index is 10.5. The molecule has 0 aromatic heterocycles. The van der Waals surface area contributed by atoms with Gasteiger partial charge in [-0.15, -0.1) is 0 Å². The van der Waals surface area contributed by atoms with Crippen molar-refractivity contribution in [3.63, 3.8) is 0 Å². The van der Waals surface area contributed by atoms with Crippen molar-refractivity contribution in [2.24, 2.45) is 0 Å². The van der Waals surface area contributed by atoms with E-state index in [0.29, 0.717) is 34.3 Å². The molecule has 0 spiro atoms. The van der Waals surface area contributed by atoms with Crippen molar-refractivity contribution in [1.82, 2.24) is 0 Å². The van der Waals surface area contributed by atoms with E-state index >= 15 is 0 Å². The van der Waals surface area contributed by atoms with Crippen LogP contribution in [0.25, 0.3) is 0 Å². The van der Waals surface area contributed by atoms with E-state index in [-0.39, 0.29) is 0 Å². The molecule has 0 aliphatic carbocycles. The van der Waals surface area contributed by atoms with Gasteiger partial charge in [0, 0.05) is 16.1 Å². The predicted octanol–water partition coefficient (Wildman–Crippen LogP) is 2.27. The zero-order chi connectivity index (χ0) is 9.14. The minimum absolute atomic E-state index is 0.424. The number of rotatable bonds is 2. The largest absolute Gasteiger partial charge is 0.298 e. The average Bonchev–Trinajstić information content (AvgIpc) is 2.09. The average molecular weight is 183 g/mol. The lowest BCUT2D eigenvalue weighted by Crippen LogP contribution is -1.90. The van der Waals surface area contributed by atoms with Crippen LogP contribution < -0.4 is 0 Å². The third kappa shape index (κ3) is 1.53. The van der Waals surface area contributed by atoms with Crippen molar-refractivity contribution >= 4 is 24.2 Å². The molecule has 0 bridgehead atoms. The third-order valence-corrected chi connectivity index (χ3v) is 2.06. The highest BCUT2D eigenvalue weighted by atomic mass is 35.5. The third-order valence-electron chi connectivity index (χ3n) is 1.67. The van der Waals surface area contributed by atoms with E-state index < -0.39 is 0 Å². The highest BCUT2D eigenvalue weighted by Crippen LogP contribution is 2.19. The topological polar surface area (TPSA) is 34.1 Å². The van der Waals surface area contributed by atoms with Crippen LogP contribution in [0.1, 0.15) is 26.3 Å². The predicted molar refractivity (Wildman–Crippen MR) is 47.0 cm³/mol. The molecule has 0 amide bonds. The Morgan fingerprint density at radius 1 is 1.25 bits per heavy atom. The minimum Gasteiger partial charge on any atom is -0.298 e. The van der Waals surface area contributed by atoms with E-state index in [0.717, 1.165) is 0 Å². The summed E-state index contributed by atoms with van der Waals surface area (Å²) in [7, 11) is 0. The summed E-state index contributed by atoms with van der Waals surface area (Å²) in [6.07, 6.45) is 1.35. The summed E-state index contributed by atoms with van der Waals surface area (Å²) in [5, 5.41) is 0.446. The first kappa shape index (κ1) is 8.94. The van der Waals surface area contributed by atoms with Gasteiger partial charge < -0.3 is 0 Å². The fourth-order valence-corrected chi connectivity index (χ4v) is 1.15. The van der Waals surface area contributed by atoms with Gasteiger partial charge in [-0.05, 0) is 24.6 Å². The van der Waals surface area contributed by atoms with E-state index in [9.17, 15) is 9.59 Å². The Kier molecular flexibility index (Phi) is 2.61. The highest BCUT2D eigenvalue weighted by Gasteiger charge is 2.03. The number of halogens is 1. The maximum Gasteiger partial charge on any atom is 0.150 e. The summed E-state index contributed by atoms with van der Waals surface area (Å²) >= 11 is 5.76. The molecule has 3 heteroatoms. The molecule has 1 aromatic rings. The summed E-state index contributed by atoms with van der Waals surface area (Å²) in [4.78, 5) is 20.8. The van der Waals surface area contributed by atoms with E-state index in [4.69, 9.17) is 11.6 Å². The molecule has 0 saturated heterocycles. The second-order valence-electron chi connectivity index (χ2n) is 2.45. The molecule has 1 aromatic carbocycles. The van der Waals surface area contributed by atoms with Gasteiger partial charge in [0.2, 0.25) is 0 Å². The number of benzene rings is 1. The molecule has 0 aliphatic heterocycles. The molecule has 0 fully saturated rings. The van der Waals surface area contributed by atoms with Crippen LogP contribution in [0.15, 0.2) is 12.1 Å². The molecule has 1 rings (SSSR count). The molecule has 0 radical (unpaired) electrons. The van der Waals surface area contributed by atoms with Gasteiger partial charge in [0.15, 0.2) is 0 Å². The van der Waals surface area contributed by atoms with Crippen LogP contribution in [-0.2, 0) is 0 Å². The summed E-state index contributed by atoms with van der Waals surface area (Å²) in [5.74, 6) is 0. The van der Waals surface area contributed by atoms with Gasteiger partial charge in [-0.25, -0.2) is 0 Å². The van der Waals surface area contributed by atoms with Gasteiger partial charge in [-0.3, -0.25) is 9.59 Å². The smallest absolute Gasteiger partial charge is 0.150 e. The van der Waals surface area contributed by atoms with E-state index in [1.807, 2.05) is 0 Å². The number of hydrogen-bond donors (Lipinski definition) is 0. The van der Waals surface area contributed by atoms with Crippen LogP contribution in [0, 0.1) is 6.92 Å². The van der Waals surface area contributed by atoms with E-state index in [1.54, 1.807) is 6.92 Å². The van der Waals surface area contributed by atoms with E-state index in [2.05, 4.69) is 0 Å². The number of carbonyl (C=O) groups excluding carboxylic acids is 2. The molecule has 0 saturated carbocycles. The van der Waals surface area contributed by atoms with Crippen molar-refractivity contribution in [1.29, 1.82) is 0 Å². The van der Waals surface area contributed by atoms with Crippen LogP contribution in [0.3, 0.4) is 0 Å². The lowest BCUT2D eigenvalue weighted by Gasteiger charge is -2.01. The van der Waals surface area contributed by atoms with Crippen LogP contribution in [0.2, 0.25) is 5.02 Å². The molecule has 0 atom stereocenters. The van der Waals surface area contributed by atoms with Gasteiger partial charge in [0.25, 0.3) is 0 Å². The molecule has 0 aliphatic rings. The minimum atomic E-state index is 0.424. The monoisotopic (exact) mass is 182 g/mol. The summed E-state index contributed by atoms with van der Waals surface area (Å²) in [5.41, 5.74) is 1.59. The second kappa shape index (κ2) is 3.50. The van der Waals surface area contributed by atoms with Crippen molar-refractivity contribution in [2.45, 2.75) is 6.92 Å². The van der Waals surface area contributed by atoms with Crippen molar-refractivity contribution in [3.05, 3.63) is 33.8 Å². The summed E-state index contributed by atoms with van der Waals surface area (Å²) in [6, 6.07) is 3.05. The highest BCUT2D eigenvalue weighted by molar-refractivity contribution is 6.32. The first-order valence-electron chi connectivity index (χ1n) is 3.39.